The van der Waals surface area contributed by atoms with Crippen LogP contribution in [-0.2, 0) is 9.59 Å². The third-order valence-corrected chi connectivity index (χ3v) is 5.74. The van der Waals surface area contributed by atoms with Gasteiger partial charge in [-0.2, -0.15) is 0 Å². The molecular formula is C15H17NO3S2. The van der Waals surface area contributed by atoms with E-state index in [9.17, 15) is 9.59 Å². The molecule has 1 amide bonds. The summed E-state index contributed by atoms with van der Waals surface area (Å²) in [6.45, 7) is 0.394. The van der Waals surface area contributed by atoms with E-state index in [4.69, 9.17) is 17.3 Å². The van der Waals surface area contributed by atoms with Crippen molar-refractivity contribution in [2.75, 3.05) is 6.54 Å². The first kappa shape index (κ1) is 14.8. The van der Waals surface area contributed by atoms with Crippen LogP contribution in [0.2, 0.25) is 0 Å². The molecule has 2 bridgehead atoms. The lowest BCUT2D eigenvalue weighted by Gasteiger charge is -2.15. The van der Waals surface area contributed by atoms with Crippen molar-refractivity contribution in [1.82, 2.24) is 4.90 Å². The molecule has 6 heteroatoms. The maximum atomic E-state index is 12.4. The van der Waals surface area contributed by atoms with Gasteiger partial charge in [-0.25, -0.2) is 0 Å². The van der Waals surface area contributed by atoms with Gasteiger partial charge in [-0.1, -0.05) is 42.2 Å². The third-order valence-electron chi connectivity index (χ3n) is 4.34. The Morgan fingerprint density at radius 1 is 1.48 bits per heavy atom. The van der Waals surface area contributed by atoms with Crippen LogP contribution in [0.15, 0.2) is 23.1 Å². The second-order valence-electron chi connectivity index (χ2n) is 5.80. The fourth-order valence-corrected chi connectivity index (χ4v) is 4.66. The average Bonchev–Trinajstić information content (AvgIpc) is 3.09. The number of nitrogens with zero attached hydrogens (tertiary/aromatic N) is 1. The normalized spacial score (nSPS) is 32.7. The van der Waals surface area contributed by atoms with Crippen molar-refractivity contribution in [1.29, 1.82) is 0 Å². The van der Waals surface area contributed by atoms with E-state index in [2.05, 4.69) is 18.2 Å². The van der Waals surface area contributed by atoms with Crippen molar-refractivity contribution in [2.45, 2.75) is 25.7 Å². The van der Waals surface area contributed by atoms with Gasteiger partial charge in [0.1, 0.15) is 4.32 Å². The summed E-state index contributed by atoms with van der Waals surface area (Å²) in [5, 5.41) is 8.66. The molecule has 2 aliphatic carbocycles. The first-order valence-corrected chi connectivity index (χ1v) is 8.42. The standard InChI is InChI=1S/C15H17NO3S2/c17-13(18)2-1-5-16-14(19)12(21-15(16)20)8-11-7-9-3-4-10(11)6-9/h3-4,8-11H,1-2,5-7H2,(H,17,18)/b12-8-. The van der Waals surface area contributed by atoms with E-state index in [1.54, 1.807) is 0 Å². The van der Waals surface area contributed by atoms with Gasteiger partial charge in [0.2, 0.25) is 0 Å². The van der Waals surface area contributed by atoms with E-state index in [0.717, 1.165) is 11.3 Å². The van der Waals surface area contributed by atoms with Gasteiger partial charge in [-0.3, -0.25) is 14.5 Å². The molecule has 1 saturated carbocycles. The van der Waals surface area contributed by atoms with Gasteiger partial charge in [-0.05, 0) is 37.0 Å². The molecule has 21 heavy (non-hydrogen) atoms. The van der Waals surface area contributed by atoms with E-state index >= 15 is 0 Å². The number of carbonyl (C=O) groups excluding carboxylic acids is 1. The topological polar surface area (TPSA) is 57.6 Å². The monoisotopic (exact) mass is 323 g/mol. The van der Waals surface area contributed by atoms with Gasteiger partial charge < -0.3 is 5.11 Å². The van der Waals surface area contributed by atoms with E-state index in [-0.39, 0.29) is 12.3 Å². The Morgan fingerprint density at radius 2 is 2.29 bits per heavy atom. The van der Waals surface area contributed by atoms with Crippen LogP contribution in [0.5, 0.6) is 0 Å². The molecule has 3 aliphatic rings. The lowest BCUT2D eigenvalue weighted by atomic mass is 9.93. The molecule has 0 spiro atoms. The summed E-state index contributed by atoms with van der Waals surface area (Å²) in [6.07, 6.45) is 9.48. The zero-order valence-corrected chi connectivity index (χ0v) is 13.2. The van der Waals surface area contributed by atoms with Crippen molar-refractivity contribution in [3.8, 4) is 0 Å². The minimum Gasteiger partial charge on any atom is -0.481 e. The molecule has 3 rings (SSSR count). The third kappa shape index (κ3) is 3.06. The molecule has 3 atom stereocenters. The number of amides is 1. The van der Waals surface area contributed by atoms with E-state index in [0.29, 0.717) is 35.0 Å². The summed E-state index contributed by atoms with van der Waals surface area (Å²) in [5.74, 6) is 0.808. The second-order valence-corrected chi connectivity index (χ2v) is 7.47. The Balaban J connectivity index is 1.63. The molecule has 1 saturated heterocycles. The smallest absolute Gasteiger partial charge is 0.303 e. The highest BCUT2D eigenvalue weighted by Crippen LogP contribution is 2.45. The molecule has 1 aliphatic heterocycles. The van der Waals surface area contributed by atoms with Crippen LogP contribution in [0.3, 0.4) is 0 Å². The van der Waals surface area contributed by atoms with Gasteiger partial charge >= 0.3 is 5.97 Å². The molecule has 1 N–H and O–H groups in total. The molecule has 112 valence electrons. The molecule has 2 fully saturated rings. The maximum absolute atomic E-state index is 12.4. The van der Waals surface area contributed by atoms with Crippen LogP contribution in [0, 0.1) is 17.8 Å². The number of aliphatic carboxylic acids is 1. The average molecular weight is 323 g/mol. The lowest BCUT2D eigenvalue weighted by molar-refractivity contribution is -0.137. The first-order chi connectivity index (χ1) is 10.0. The van der Waals surface area contributed by atoms with Crippen molar-refractivity contribution >= 4 is 40.2 Å². The number of thiocarbonyl (C=S) groups is 1. The van der Waals surface area contributed by atoms with Crippen LogP contribution in [-0.4, -0.2) is 32.7 Å². The zero-order valence-electron chi connectivity index (χ0n) is 11.5. The van der Waals surface area contributed by atoms with Crippen molar-refractivity contribution in [2.24, 2.45) is 17.8 Å². The molecule has 0 aromatic heterocycles. The minimum absolute atomic E-state index is 0.0536. The first-order valence-electron chi connectivity index (χ1n) is 7.20. The highest BCUT2D eigenvalue weighted by Gasteiger charge is 2.37. The Kier molecular flexibility index (Phi) is 4.17. The van der Waals surface area contributed by atoms with E-state index < -0.39 is 5.97 Å². The minimum atomic E-state index is -0.843. The summed E-state index contributed by atoms with van der Waals surface area (Å²) < 4.78 is 0.551. The van der Waals surface area contributed by atoms with Crippen molar-refractivity contribution in [3.05, 3.63) is 23.1 Å². The van der Waals surface area contributed by atoms with Gasteiger partial charge in [0.05, 0.1) is 4.91 Å². The van der Waals surface area contributed by atoms with Gasteiger partial charge in [0.15, 0.2) is 0 Å². The SMILES string of the molecule is O=C(O)CCCN1C(=O)/C(=C/C2CC3C=CC2C3)SC1=S. The molecule has 0 aromatic carbocycles. The largest absolute Gasteiger partial charge is 0.481 e. The molecular weight excluding hydrogens is 306 g/mol. The number of hydrogen-bond donors (Lipinski definition) is 1. The fraction of sp³-hybridized carbons (Fsp3) is 0.533. The number of hydrogen-bond acceptors (Lipinski definition) is 4. The summed E-state index contributed by atoms with van der Waals surface area (Å²) in [4.78, 5) is 25.2. The van der Waals surface area contributed by atoms with E-state index in [1.807, 2.05) is 0 Å². The van der Waals surface area contributed by atoms with Gasteiger partial charge in [-0.15, -0.1) is 0 Å². The summed E-state index contributed by atoms with van der Waals surface area (Å²) in [7, 11) is 0. The van der Waals surface area contributed by atoms with E-state index in [1.165, 1.54) is 23.1 Å². The number of thioether (sulfide) groups is 1. The Hall–Kier alpha value is -1.14. The van der Waals surface area contributed by atoms with Crippen LogP contribution in [0.1, 0.15) is 25.7 Å². The fourth-order valence-electron chi connectivity index (χ4n) is 3.30. The van der Waals surface area contributed by atoms with Crippen LogP contribution in [0.25, 0.3) is 0 Å². The number of allylic oxidation sites excluding steroid dienone is 3. The van der Waals surface area contributed by atoms with Gasteiger partial charge in [0.25, 0.3) is 5.91 Å². The maximum Gasteiger partial charge on any atom is 0.303 e. The number of carboxylic acid groups (broad SMARTS) is 1. The van der Waals surface area contributed by atoms with Crippen molar-refractivity contribution in [3.63, 3.8) is 0 Å². The highest BCUT2D eigenvalue weighted by molar-refractivity contribution is 8.26. The Bertz CT molecular complexity index is 555. The van der Waals surface area contributed by atoms with Gasteiger partial charge in [0, 0.05) is 13.0 Å². The Morgan fingerprint density at radius 3 is 2.90 bits per heavy atom. The number of rotatable bonds is 5. The molecule has 1 heterocycles. The summed E-state index contributed by atoms with van der Waals surface area (Å²) >= 11 is 6.60. The van der Waals surface area contributed by atoms with Crippen LogP contribution < -0.4 is 0 Å². The summed E-state index contributed by atoms with van der Waals surface area (Å²) in [6, 6.07) is 0. The number of fused-ring (bicyclic) bond motifs is 2. The summed E-state index contributed by atoms with van der Waals surface area (Å²) in [5.41, 5.74) is 0. The molecule has 0 radical (unpaired) electrons. The zero-order chi connectivity index (χ0) is 15.0. The number of carbonyl (C=O) groups is 2. The lowest BCUT2D eigenvalue weighted by Crippen LogP contribution is -2.29. The predicted molar refractivity (Wildman–Crippen MR) is 85.7 cm³/mol. The second kappa shape index (κ2) is 5.93. The van der Waals surface area contributed by atoms with Crippen LogP contribution >= 0.6 is 24.0 Å². The molecule has 3 unspecified atom stereocenters. The van der Waals surface area contributed by atoms with Crippen LogP contribution in [0.4, 0.5) is 0 Å². The molecule has 4 nitrogen and oxygen atoms in total. The Labute approximate surface area is 133 Å². The highest BCUT2D eigenvalue weighted by atomic mass is 32.2. The number of carboxylic acids is 1. The molecule has 0 aromatic rings. The van der Waals surface area contributed by atoms with Crippen molar-refractivity contribution < 1.29 is 14.7 Å². The quantitative estimate of drug-likeness (QED) is 0.479. The predicted octanol–water partition coefficient (Wildman–Crippen LogP) is 2.81.